The SMILES string of the molecule is CNC(=O)CCCN(C)c1ccc(C(N)=S)cc1. The zero-order valence-corrected chi connectivity index (χ0v) is 11.6. The summed E-state index contributed by atoms with van der Waals surface area (Å²) in [5.74, 6) is 0.0761. The highest BCUT2D eigenvalue weighted by atomic mass is 32.1. The van der Waals surface area contributed by atoms with E-state index in [0.717, 1.165) is 24.2 Å². The van der Waals surface area contributed by atoms with Gasteiger partial charge in [-0.3, -0.25) is 4.79 Å². The summed E-state index contributed by atoms with van der Waals surface area (Å²) in [7, 11) is 3.65. The minimum Gasteiger partial charge on any atom is -0.389 e. The molecule has 1 amide bonds. The van der Waals surface area contributed by atoms with E-state index in [2.05, 4.69) is 10.2 Å². The van der Waals surface area contributed by atoms with Gasteiger partial charge in [0.25, 0.3) is 0 Å². The third-order valence-electron chi connectivity index (χ3n) is 2.77. The van der Waals surface area contributed by atoms with Crippen molar-refractivity contribution in [1.29, 1.82) is 0 Å². The van der Waals surface area contributed by atoms with E-state index in [1.807, 2.05) is 31.3 Å². The summed E-state index contributed by atoms with van der Waals surface area (Å²) in [4.78, 5) is 13.6. The quantitative estimate of drug-likeness (QED) is 0.761. The molecule has 0 radical (unpaired) electrons. The Labute approximate surface area is 113 Å². The number of nitrogens with one attached hydrogen (secondary N) is 1. The van der Waals surface area contributed by atoms with E-state index < -0.39 is 0 Å². The van der Waals surface area contributed by atoms with Crippen molar-refractivity contribution in [2.75, 3.05) is 25.5 Å². The van der Waals surface area contributed by atoms with Gasteiger partial charge in [-0.1, -0.05) is 12.2 Å². The Hall–Kier alpha value is -1.62. The maximum Gasteiger partial charge on any atom is 0.219 e. The molecule has 0 aliphatic carbocycles. The lowest BCUT2D eigenvalue weighted by Crippen LogP contribution is -2.22. The van der Waals surface area contributed by atoms with E-state index in [4.69, 9.17) is 18.0 Å². The van der Waals surface area contributed by atoms with Crippen molar-refractivity contribution >= 4 is 28.8 Å². The van der Waals surface area contributed by atoms with Crippen LogP contribution in [-0.4, -0.2) is 31.5 Å². The lowest BCUT2D eigenvalue weighted by atomic mass is 10.2. The maximum atomic E-state index is 11.1. The van der Waals surface area contributed by atoms with Crippen LogP contribution >= 0.6 is 12.2 Å². The first-order valence-electron chi connectivity index (χ1n) is 5.86. The average molecular weight is 265 g/mol. The minimum atomic E-state index is 0.0761. The van der Waals surface area contributed by atoms with E-state index in [-0.39, 0.29) is 5.91 Å². The number of amides is 1. The van der Waals surface area contributed by atoms with Gasteiger partial charge in [-0.2, -0.15) is 0 Å². The molecule has 0 saturated heterocycles. The van der Waals surface area contributed by atoms with Crippen molar-refractivity contribution in [3.63, 3.8) is 0 Å². The molecule has 0 bridgehead atoms. The van der Waals surface area contributed by atoms with Gasteiger partial charge in [0.2, 0.25) is 5.91 Å². The molecular formula is C13H19N3OS. The Balaban J connectivity index is 2.48. The topological polar surface area (TPSA) is 58.4 Å². The third kappa shape index (κ3) is 4.33. The van der Waals surface area contributed by atoms with Crippen LogP contribution in [0.5, 0.6) is 0 Å². The van der Waals surface area contributed by atoms with Crippen LogP contribution in [0, 0.1) is 0 Å². The van der Waals surface area contributed by atoms with Crippen LogP contribution < -0.4 is 16.0 Å². The van der Waals surface area contributed by atoms with Gasteiger partial charge in [0, 0.05) is 38.3 Å². The van der Waals surface area contributed by atoms with Crippen molar-refractivity contribution in [3.8, 4) is 0 Å². The van der Waals surface area contributed by atoms with Gasteiger partial charge in [-0.25, -0.2) is 0 Å². The van der Waals surface area contributed by atoms with Crippen LogP contribution in [0.4, 0.5) is 5.69 Å². The molecule has 0 spiro atoms. The molecule has 98 valence electrons. The van der Waals surface area contributed by atoms with Crippen molar-refractivity contribution in [3.05, 3.63) is 29.8 Å². The molecule has 0 saturated carbocycles. The number of hydrogen-bond acceptors (Lipinski definition) is 3. The molecule has 0 aromatic heterocycles. The molecule has 0 atom stereocenters. The summed E-state index contributed by atoms with van der Waals surface area (Å²) < 4.78 is 0. The number of benzene rings is 1. The second-order valence-electron chi connectivity index (χ2n) is 4.11. The highest BCUT2D eigenvalue weighted by molar-refractivity contribution is 7.80. The fraction of sp³-hybridized carbons (Fsp3) is 0.385. The van der Waals surface area contributed by atoms with Crippen molar-refractivity contribution in [1.82, 2.24) is 5.32 Å². The highest BCUT2D eigenvalue weighted by Crippen LogP contribution is 2.14. The van der Waals surface area contributed by atoms with Gasteiger partial charge in [0.05, 0.1) is 0 Å². The molecular weight excluding hydrogens is 246 g/mol. The first-order chi connectivity index (χ1) is 8.54. The zero-order valence-electron chi connectivity index (χ0n) is 10.8. The second kappa shape index (κ2) is 6.96. The Bertz CT molecular complexity index is 417. The lowest BCUT2D eigenvalue weighted by molar-refractivity contribution is -0.120. The Morgan fingerprint density at radius 2 is 2.00 bits per heavy atom. The van der Waals surface area contributed by atoms with Crippen LogP contribution in [0.15, 0.2) is 24.3 Å². The first-order valence-corrected chi connectivity index (χ1v) is 6.27. The highest BCUT2D eigenvalue weighted by Gasteiger charge is 2.03. The van der Waals surface area contributed by atoms with Crippen LogP contribution in [0.25, 0.3) is 0 Å². The van der Waals surface area contributed by atoms with Gasteiger partial charge >= 0.3 is 0 Å². The molecule has 0 aliphatic rings. The van der Waals surface area contributed by atoms with E-state index in [0.29, 0.717) is 11.4 Å². The first kappa shape index (κ1) is 14.4. The predicted octanol–water partition coefficient (Wildman–Crippen LogP) is 1.28. The second-order valence-corrected chi connectivity index (χ2v) is 4.55. The van der Waals surface area contributed by atoms with Gasteiger partial charge < -0.3 is 16.0 Å². The fourth-order valence-electron chi connectivity index (χ4n) is 1.61. The number of hydrogen-bond donors (Lipinski definition) is 2. The molecule has 1 aromatic carbocycles. The van der Waals surface area contributed by atoms with Gasteiger partial charge in [0.15, 0.2) is 0 Å². The summed E-state index contributed by atoms with van der Waals surface area (Å²) in [6, 6.07) is 7.78. The van der Waals surface area contributed by atoms with Crippen molar-refractivity contribution < 1.29 is 4.79 Å². The monoisotopic (exact) mass is 265 g/mol. The largest absolute Gasteiger partial charge is 0.389 e. The number of nitrogens with two attached hydrogens (primary N) is 1. The average Bonchev–Trinajstić information content (AvgIpc) is 2.38. The summed E-state index contributed by atoms with van der Waals surface area (Å²) in [6.07, 6.45) is 1.37. The molecule has 0 fully saturated rings. The van der Waals surface area contributed by atoms with Gasteiger partial charge in [-0.05, 0) is 30.7 Å². The number of carbonyl (C=O) groups excluding carboxylic acids is 1. The number of thiocarbonyl (C=S) groups is 1. The standard InChI is InChI=1S/C13H19N3OS/c1-15-12(17)4-3-9-16(2)11-7-5-10(6-8-11)13(14)18/h5-8H,3-4,9H2,1-2H3,(H2,14,18)(H,15,17). The van der Waals surface area contributed by atoms with Crippen LogP contribution in [0.2, 0.25) is 0 Å². The van der Waals surface area contributed by atoms with E-state index in [1.54, 1.807) is 7.05 Å². The molecule has 1 aromatic rings. The van der Waals surface area contributed by atoms with Gasteiger partial charge in [0.1, 0.15) is 4.99 Å². The fourth-order valence-corrected chi connectivity index (χ4v) is 1.75. The van der Waals surface area contributed by atoms with E-state index in [9.17, 15) is 4.79 Å². The molecule has 3 N–H and O–H groups in total. The van der Waals surface area contributed by atoms with Crippen molar-refractivity contribution in [2.24, 2.45) is 5.73 Å². The Morgan fingerprint density at radius 3 is 2.50 bits per heavy atom. The number of rotatable bonds is 6. The lowest BCUT2D eigenvalue weighted by Gasteiger charge is -2.19. The smallest absolute Gasteiger partial charge is 0.219 e. The third-order valence-corrected chi connectivity index (χ3v) is 3.00. The van der Waals surface area contributed by atoms with Gasteiger partial charge in [-0.15, -0.1) is 0 Å². The molecule has 0 aliphatic heterocycles. The van der Waals surface area contributed by atoms with Crippen molar-refractivity contribution in [2.45, 2.75) is 12.8 Å². The molecule has 18 heavy (non-hydrogen) atoms. The van der Waals surface area contributed by atoms with E-state index in [1.165, 1.54) is 0 Å². The molecule has 0 unspecified atom stereocenters. The number of carbonyl (C=O) groups is 1. The summed E-state index contributed by atoms with van der Waals surface area (Å²) >= 11 is 4.90. The molecule has 1 rings (SSSR count). The predicted molar refractivity (Wildman–Crippen MR) is 78.9 cm³/mol. The Morgan fingerprint density at radius 1 is 1.39 bits per heavy atom. The van der Waals surface area contributed by atoms with Crippen LogP contribution in [0.1, 0.15) is 18.4 Å². The maximum absolute atomic E-state index is 11.1. The van der Waals surface area contributed by atoms with Crippen LogP contribution in [0.3, 0.4) is 0 Å². The number of nitrogens with zero attached hydrogens (tertiary/aromatic N) is 1. The molecule has 4 nitrogen and oxygen atoms in total. The molecule has 0 heterocycles. The molecule has 5 heteroatoms. The minimum absolute atomic E-state index is 0.0761. The summed E-state index contributed by atoms with van der Waals surface area (Å²) in [6.45, 7) is 0.833. The normalized spacial score (nSPS) is 9.89. The van der Waals surface area contributed by atoms with Crippen LogP contribution in [-0.2, 0) is 4.79 Å². The Kier molecular flexibility index (Phi) is 5.58. The zero-order chi connectivity index (χ0) is 13.5. The summed E-state index contributed by atoms with van der Waals surface area (Å²) in [5, 5.41) is 2.61. The summed E-state index contributed by atoms with van der Waals surface area (Å²) in [5.41, 5.74) is 7.50. The number of anilines is 1. The van der Waals surface area contributed by atoms with E-state index >= 15 is 0 Å².